The Morgan fingerprint density at radius 2 is 2.15 bits per heavy atom. The van der Waals surface area contributed by atoms with E-state index >= 15 is 0 Å². The number of nitrogens with one attached hydrogen (secondary N) is 2. The van der Waals surface area contributed by atoms with E-state index in [9.17, 15) is 4.79 Å². The third-order valence-electron chi connectivity index (χ3n) is 3.86. The van der Waals surface area contributed by atoms with Gasteiger partial charge in [-0.1, -0.05) is 23.7 Å². The van der Waals surface area contributed by atoms with Gasteiger partial charge in [-0.2, -0.15) is 0 Å². The quantitative estimate of drug-likeness (QED) is 0.847. The predicted octanol–water partition coefficient (Wildman–Crippen LogP) is 2.78. The fraction of sp³-hybridized carbons (Fsp3) is 0.562. The third-order valence-corrected chi connectivity index (χ3v) is 4.10. The van der Waals surface area contributed by atoms with E-state index < -0.39 is 0 Å². The summed E-state index contributed by atoms with van der Waals surface area (Å²) in [4.78, 5) is 11.8. The summed E-state index contributed by atoms with van der Waals surface area (Å²) in [5, 5.41) is 7.09. The Hall–Kier alpha value is -1.06. The Labute approximate surface area is 126 Å². The summed E-state index contributed by atoms with van der Waals surface area (Å²) < 4.78 is 0. The van der Waals surface area contributed by atoms with Crippen molar-refractivity contribution in [2.45, 2.75) is 32.1 Å². The van der Waals surface area contributed by atoms with Crippen LogP contribution >= 0.6 is 11.6 Å². The minimum Gasteiger partial charge on any atom is -0.356 e. The van der Waals surface area contributed by atoms with Crippen molar-refractivity contribution in [3.63, 3.8) is 0 Å². The van der Waals surface area contributed by atoms with Crippen molar-refractivity contribution < 1.29 is 4.79 Å². The van der Waals surface area contributed by atoms with Gasteiger partial charge < -0.3 is 10.6 Å². The van der Waals surface area contributed by atoms with Gasteiger partial charge in [0.25, 0.3) is 0 Å². The van der Waals surface area contributed by atoms with Crippen molar-refractivity contribution in [1.29, 1.82) is 0 Å². The van der Waals surface area contributed by atoms with E-state index in [0.29, 0.717) is 13.0 Å². The summed E-state index contributed by atoms with van der Waals surface area (Å²) in [6.45, 7) is 2.88. The van der Waals surface area contributed by atoms with E-state index in [1.54, 1.807) is 0 Å². The summed E-state index contributed by atoms with van der Waals surface area (Å²) >= 11 is 5.93. The molecular weight excluding hydrogens is 272 g/mol. The van der Waals surface area contributed by atoms with Gasteiger partial charge in [-0.3, -0.25) is 4.79 Å². The minimum atomic E-state index is 0.172. The fourth-order valence-corrected chi connectivity index (χ4v) is 2.85. The molecule has 0 radical (unpaired) electrons. The number of hydrogen-bond donors (Lipinski definition) is 2. The number of halogens is 1. The van der Waals surface area contributed by atoms with E-state index in [0.717, 1.165) is 42.4 Å². The molecule has 1 aromatic rings. The highest BCUT2D eigenvalue weighted by Crippen LogP contribution is 2.17. The molecule has 2 rings (SSSR count). The van der Waals surface area contributed by atoms with Crippen LogP contribution in [0.2, 0.25) is 5.02 Å². The number of hydrogen-bond acceptors (Lipinski definition) is 2. The van der Waals surface area contributed by atoms with E-state index in [1.165, 1.54) is 12.8 Å². The SMILES string of the molecule is O=C(CCC1CCNCC1)NCCc1cccc(Cl)c1. The van der Waals surface area contributed by atoms with Crippen LogP contribution in [0.25, 0.3) is 0 Å². The molecule has 1 aliphatic heterocycles. The van der Waals surface area contributed by atoms with Crippen molar-refractivity contribution >= 4 is 17.5 Å². The van der Waals surface area contributed by atoms with Gasteiger partial charge in [0.15, 0.2) is 0 Å². The standard InChI is InChI=1S/C16H23ClN2O/c17-15-3-1-2-14(12-15)8-11-19-16(20)5-4-13-6-9-18-10-7-13/h1-3,12-13,18H,4-11H2,(H,19,20). The lowest BCUT2D eigenvalue weighted by molar-refractivity contribution is -0.121. The van der Waals surface area contributed by atoms with Crippen LogP contribution in [0.3, 0.4) is 0 Å². The second-order valence-electron chi connectivity index (χ2n) is 5.46. The average molecular weight is 295 g/mol. The van der Waals surface area contributed by atoms with Crippen molar-refractivity contribution in [3.8, 4) is 0 Å². The van der Waals surface area contributed by atoms with E-state index in [1.807, 2.05) is 24.3 Å². The van der Waals surface area contributed by atoms with E-state index in [-0.39, 0.29) is 5.91 Å². The lowest BCUT2D eigenvalue weighted by Gasteiger charge is -2.22. The molecule has 0 unspecified atom stereocenters. The molecule has 0 bridgehead atoms. The first-order chi connectivity index (χ1) is 9.74. The highest BCUT2D eigenvalue weighted by Gasteiger charge is 2.14. The zero-order valence-corrected chi connectivity index (χ0v) is 12.6. The lowest BCUT2D eigenvalue weighted by Crippen LogP contribution is -2.30. The predicted molar refractivity (Wildman–Crippen MR) is 83.0 cm³/mol. The van der Waals surface area contributed by atoms with Gasteiger partial charge in [0, 0.05) is 18.0 Å². The molecule has 0 atom stereocenters. The Kier molecular flexibility index (Phi) is 6.34. The molecule has 0 spiro atoms. The van der Waals surface area contributed by atoms with Crippen LogP contribution in [0.1, 0.15) is 31.2 Å². The number of amides is 1. The second kappa shape index (κ2) is 8.28. The van der Waals surface area contributed by atoms with Crippen molar-refractivity contribution in [1.82, 2.24) is 10.6 Å². The van der Waals surface area contributed by atoms with Gasteiger partial charge in [-0.25, -0.2) is 0 Å². The lowest BCUT2D eigenvalue weighted by atomic mass is 9.93. The molecule has 1 fully saturated rings. The largest absolute Gasteiger partial charge is 0.356 e. The molecule has 1 heterocycles. The number of carbonyl (C=O) groups excluding carboxylic acids is 1. The van der Waals surface area contributed by atoms with Gasteiger partial charge in [0.2, 0.25) is 5.91 Å². The summed E-state index contributed by atoms with van der Waals surface area (Å²) in [7, 11) is 0. The van der Waals surface area contributed by atoms with E-state index in [2.05, 4.69) is 10.6 Å². The Bertz CT molecular complexity index is 430. The minimum absolute atomic E-state index is 0.172. The maximum Gasteiger partial charge on any atom is 0.220 e. The molecule has 1 aliphatic rings. The van der Waals surface area contributed by atoms with Gasteiger partial charge in [0.1, 0.15) is 0 Å². The Balaban J connectivity index is 1.60. The van der Waals surface area contributed by atoms with Gasteiger partial charge in [0.05, 0.1) is 0 Å². The first kappa shape index (κ1) is 15.3. The fourth-order valence-electron chi connectivity index (χ4n) is 2.63. The molecule has 1 amide bonds. The molecule has 0 aromatic heterocycles. The molecule has 20 heavy (non-hydrogen) atoms. The van der Waals surface area contributed by atoms with Crippen LogP contribution in [0, 0.1) is 5.92 Å². The van der Waals surface area contributed by atoms with Crippen LogP contribution in [0.15, 0.2) is 24.3 Å². The van der Waals surface area contributed by atoms with Gasteiger partial charge in [-0.15, -0.1) is 0 Å². The van der Waals surface area contributed by atoms with Crippen LogP contribution in [-0.2, 0) is 11.2 Å². The second-order valence-corrected chi connectivity index (χ2v) is 5.90. The number of piperidine rings is 1. The third kappa shape index (κ3) is 5.51. The zero-order chi connectivity index (χ0) is 14.2. The van der Waals surface area contributed by atoms with Crippen molar-refractivity contribution in [2.75, 3.05) is 19.6 Å². The maximum atomic E-state index is 11.8. The molecule has 0 aliphatic carbocycles. The summed E-state index contributed by atoms with van der Waals surface area (Å²) in [6.07, 6.45) is 4.91. The van der Waals surface area contributed by atoms with Gasteiger partial charge >= 0.3 is 0 Å². The Morgan fingerprint density at radius 1 is 1.35 bits per heavy atom. The maximum absolute atomic E-state index is 11.8. The van der Waals surface area contributed by atoms with Crippen LogP contribution < -0.4 is 10.6 Å². The average Bonchev–Trinajstić information content (AvgIpc) is 2.46. The number of benzene rings is 1. The monoisotopic (exact) mass is 294 g/mol. The molecule has 110 valence electrons. The van der Waals surface area contributed by atoms with Crippen molar-refractivity contribution in [2.24, 2.45) is 5.92 Å². The normalized spacial score (nSPS) is 16.1. The summed E-state index contributed by atoms with van der Waals surface area (Å²) in [5.41, 5.74) is 1.16. The molecule has 1 aromatic carbocycles. The summed E-state index contributed by atoms with van der Waals surface area (Å²) in [6, 6.07) is 7.79. The Morgan fingerprint density at radius 3 is 2.90 bits per heavy atom. The van der Waals surface area contributed by atoms with Crippen LogP contribution in [0.5, 0.6) is 0 Å². The zero-order valence-electron chi connectivity index (χ0n) is 11.8. The van der Waals surface area contributed by atoms with E-state index in [4.69, 9.17) is 11.6 Å². The molecule has 2 N–H and O–H groups in total. The number of rotatable bonds is 6. The molecule has 0 saturated carbocycles. The molecule has 4 heteroatoms. The molecule has 1 saturated heterocycles. The van der Waals surface area contributed by atoms with Gasteiger partial charge in [-0.05, 0) is 62.4 Å². The smallest absolute Gasteiger partial charge is 0.220 e. The van der Waals surface area contributed by atoms with Crippen LogP contribution in [0.4, 0.5) is 0 Å². The molecular formula is C16H23ClN2O. The first-order valence-corrected chi connectivity index (χ1v) is 7.83. The highest BCUT2D eigenvalue weighted by molar-refractivity contribution is 6.30. The van der Waals surface area contributed by atoms with Crippen LogP contribution in [-0.4, -0.2) is 25.5 Å². The highest BCUT2D eigenvalue weighted by atomic mass is 35.5. The van der Waals surface area contributed by atoms with Crippen molar-refractivity contribution in [3.05, 3.63) is 34.9 Å². The molecule has 3 nitrogen and oxygen atoms in total. The number of carbonyl (C=O) groups is 1. The first-order valence-electron chi connectivity index (χ1n) is 7.46. The topological polar surface area (TPSA) is 41.1 Å². The summed E-state index contributed by atoms with van der Waals surface area (Å²) in [5.74, 6) is 0.889.